The van der Waals surface area contributed by atoms with Crippen LogP contribution in [0.15, 0.2) is 30.5 Å². The summed E-state index contributed by atoms with van der Waals surface area (Å²) in [5.74, 6) is -8.11. The zero-order valence-electron chi connectivity index (χ0n) is 18.7. The van der Waals surface area contributed by atoms with Crippen molar-refractivity contribution >= 4 is 17.5 Å². The predicted molar refractivity (Wildman–Crippen MR) is 114 cm³/mol. The summed E-state index contributed by atoms with van der Waals surface area (Å²) < 4.78 is 81.2. The van der Waals surface area contributed by atoms with Gasteiger partial charge in [0.2, 0.25) is 5.82 Å². The first-order valence-electron chi connectivity index (χ1n) is 10.4. The number of alkyl halides is 3. The number of hydrogen-bond acceptors (Lipinski definition) is 6. The van der Waals surface area contributed by atoms with E-state index < -0.39 is 58.9 Å². The van der Waals surface area contributed by atoms with Crippen molar-refractivity contribution in [3.8, 4) is 5.75 Å². The number of pyridine rings is 1. The molecule has 2 heterocycles. The van der Waals surface area contributed by atoms with E-state index in [1.165, 1.54) is 19.2 Å². The molecule has 0 unspecified atom stereocenters. The first-order valence-corrected chi connectivity index (χ1v) is 10.4. The van der Waals surface area contributed by atoms with Crippen molar-refractivity contribution in [1.82, 2.24) is 4.98 Å². The van der Waals surface area contributed by atoms with E-state index in [1.54, 1.807) is 0 Å². The Bertz CT molecular complexity index is 1130. The summed E-state index contributed by atoms with van der Waals surface area (Å²) in [5, 5.41) is 2.37. The van der Waals surface area contributed by atoms with E-state index in [2.05, 4.69) is 10.3 Å². The van der Waals surface area contributed by atoms with Crippen LogP contribution in [0.3, 0.4) is 0 Å². The summed E-state index contributed by atoms with van der Waals surface area (Å²) in [7, 11) is 0. The highest BCUT2D eigenvalue weighted by Gasteiger charge is 2.65. The number of nitrogens with one attached hydrogen (secondary N) is 1. The normalized spacial score (nSPS) is 24.3. The van der Waals surface area contributed by atoms with E-state index in [0.717, 1.165) is 25.1 Å². The number of hydrogen-bond donors (Lipinski definition) is 3. The number of primary amides is 1. The van der Waals surface area contributed by atoms with Gasteiger partial charge in [0.25, 0.3) is 11.8 Å². The van der Waals surface area contributed by atoms with Gasteiger partial charge in [-0.3, -0.25) is 14.6 Å². The molecule has 2 aromatic rings. The zero-order chi connectivity index (χ0) is 26.1. The summed E-state index contributed by atoms with van der Waals surface area (Å²) in [6, 6.07) is 4.19. The summed E-state index contributed by atoms with van der Waals surface area (Å²) in [6.07, 6.45) is -5.54. The van der Waals surface area contributed by atoms with Gasteiger partial charge in [-0.25, -0.2) is 4.39 Å². The molecule has 1 aliphatic rings. The lowest BCUT2D eigenvalue weighted by molar-refractivity contribution is -0.272. The molecule has 0 aliphatic carbocycles. The smallest absolute Gasteiger partial charge is 0.417 e. The summed E-state index contributed by atoms with van der Waals surface area (Å²) >= 11 is 0. The fourth-order valence-corrected chi connectivity index (χ4v) is 4.00. The van der Waals surface area contributed by atoms with Crippen LogP contribution in [0.4, 0.5) is 27.6 Å². The van der Waals surface area contributed by atoms with Gasteiger partial charge in [0.1, 0.15) is 18.4 Å². The van der Waals surface area contributed by atoms with Crippen molar-refractivity contribution < 1.29 is 41.0 Å². The Morgan fingerprint density at radius 3 is 2.54 bits per heavy atom. The highest BCUT2D eigenvalue weighted by atomic mass is 19.4. The van der Waals surface area contributed by atoms with Gasteiger partial charge in [0.05, 0.1) is 0 Å². The highest BCUT2D eigenvalue weighted by Crippen LogP contribution is 2.55. The number of halogens is 5. The molecule has 1 aromatic heterocycles. The van der Waals surface area contributed by atoms with Gasteiger partial charge in [0.15, 0.2) is 17.2 Å². The molecule has 0 saturated carbocycles. The number of carbonyl (C=O) groups is 2. The average Bonchev–Trinajstić information content (AvgIpc) is 3.07. The monoisotopic (exact) mass is 502 g/mol. The molecular weight excluding hydrogens is 479 g/mol. The van der Waals surface area contributed by atoms with E-state index in [-0.39, 0.29) is 30.1 Å². The van der Waals surface area contributed by atoms with Gasteiger partial charge in [0, 0.05) is 35.8 Å². The van der Waals surface area contributed by atoms with Crippen LogP contribution < -0.4 is 21.5 Å². The van der Waals surface area contributed by atoms with Crippen LogP contribution in [0.1, 0.15) is 35.8 Å². The van der Waals surface area contributed by atoms with Crippen molar-refractivity contribution in [2.75, 3.05) is 18.5 Å². The molecule has 8 nitrogen and oxygen atoms in total. The Hall–Kier alpha value is -3.32. The number of carbonyl (C=O) groups excluding carboxylic acids is 2. The Balaban J connectivity index is 2.09. The van der Waals surface area contributed by atoms with Gasteiger partial charge >= 0.3 is 6.18 Å². The maximum atomic E-state index is 14.6. The van der Waals surface area contributed by atoms with Crippen molar-refractivity contribution in [3.63, 3.8) is 0 Å². The third-order valence-electron chi connectivity index (χ3n) is 6.01. The molecule has 35 heavy (non-hydrogen) atoms. The minimum absolute atomic E-state index is 0.0132. The lowest BCUT2D eigenvalue weighted by atomic mass is 9.77. The van der Waals surface area contributed by atoms with Gasteiger partial charge in [-0.2, -0.15) is 17.6 Å². The Kier molecular flexibility index (Phi) is 7.31. The topological polar surface area (TPSA) is 130 Å². The SMILES string of the molecule is C[C@H]1[C@@H](c2ccc(F)c(F)c2OCCN)[C@H](C(=O)Nc2ccnc(C(N)=O)c2)O[C@@]1(C)C(F)(F)F. The quantitative estimate of drug-likeness (QED) is 0.500. The Morgan fingerprint density at radius 1 is 1.26 bits per heavy atom. The van der Waals surface area contributed by atoms with Crippen LogP contribution in [0.2, 0.25) is 0 Å². The average molecular weight is 502 g/mol. The van der Waals surface area contributed by atoms with Crippen LogP contribution in [-0.4, -0.2) is 47.8 Å². The number of benzene rings is 1. The lowest BCUT2D eigenvalue weighted by Gasteiger charge is -2.32. The second-order valence-electron chi connectivity index (χ2n) is 8.16. The van der Waals surface area contributed by atoms with E-state index in [4.69, 9.17) is 20.9 Å². The molecule has 5 N–H and O–H groups in total. The van der Waals surface area contributed by atoms with Crippen LogP contribution >= 0.6 is 0 Å². The van der Waals surface area contributed by atoms with Crippen LogP contribution in [-0.2, 0) is 9.53 Å². The van der Waals surface area contributed by atoms with E-state index in [1.807, 2.05) is 0 Å². The molecule has 1 aromatic carbocycles. The first kappa shape index (κ1) is 26.3. The standard InChI is InChI=1S/C22H23F5N4O4/c1-10-15(12-3-4-13(23)16(24)17(12)34-8-6-28)18(35-21(10,2)22(25,26)27)20(33)31-11-5-7-30-14(9-11)19(29)32/h3-5,7,9-10,15,18H,6,8,28H2,1-2H3,(H2,29,32)(H,30,31,33)/t10-,15-,18+,21+/m0/s1. The molecule has 0 spiro atoms. The lowest BCUT2D eigenvalue weighted by Crippen LogP contribution is -2.47. The maximum Gasteiger partial charge on any atom is 0.417 e. The molecular formula is C22H23F5N4O4. The van der Waals surface area contributed by atoms with E-state index in [0.29, 0.717) is 0 Å². The van der Waals surface area contributed by atoms with Crippen LogP contribution in [0, 0.1) is 17.6 Å². The Labute approximate surface area is 196 Å². The van der Waals surface area contributed by atoms with Gasteiger partial charge < -0.3 is 26.3 Å². The zero-order valence-corrected chi connectivity index (χ0v) is 18.7. The maximum absolute atomic E-state index is 14.6. The fraction of sp³-hybridized carbons (Fsp3) is 0.409. The number of aromatic nitrogens is 1. The number of rotatable bonds is 7. The molecule has 1 fully saturated rings. The largest absolute Gasteiger partial charge is 0.489 e. The minimum atomic E-state index is -4.91. The van der Waals surface area contributed by atoms with E-state index >= 15 is 0 Å². The van der Waals surface area contributed by atoms with Crippen LogP contribution in [0.25, 0.3) is 0 Å². The summed E-state index contributed by atoms with van der Waals surface area (Å²) in [5.41, 5.74) is 7.35. The molecule has 2 amide bonds. The number of anilines is 1. The molecule has 1 saturated heterocycles. The van der Waals surface area contributed by atoms with Gasteiger partial charge in [-0.15, -0.1) is 0 Å². The van der Waals surface area contributed by atoms with Crippen molar-refractivity contribution in [2.45, 2.75) is 37.6 Å². The third kappa shape index (κ3) is 4.91. The predicted octanol–water partition coefficient (Wildman–Crippen LogP) is 2.87. The summed E-state index contributed by atoms with van der Waals surface area (Å²) in [4.78, 5) is 28.2. The van der Waals surface area contributed by atoms with Gasteiger partial charge in [-0.05, 0) is 25.1 Å². The molecule has 13 heteroatoms. The van der Waals surface area contributed by atoms with Gasteiger partial charge in [-0.1, -0.05) is 13.0 Å². The molecule has 0 radical (unpaired) electrons. The number of nitrogens with two attached hydrogens (primary N) is 2. The number of ether oxygens (including phenoxy) is 2. The highest BCUT2D eigenvalue weighted by molar-refractivity contribution is 5.97. The fourth-order valence-electron chi connectivity index (χ4n) is 4.00. The molecule has 190 valence electrons. The number of nitrogens with zero attached hydrogens (tertiary/aromatic N) is 1. The van der Waals surface area contributed by atoms with E-state index in [9.17, 15) is 31.5 Å². The molecule has 0 bridgehead atoms. The third-order valence-corrected chi connectivity index (χ3v) is 6.01. The van der Waals surface area contributed by atoms with Crippen molar-refractivity contribution in [2.24, 2.45) is 17.4 Å². The summed E-state index contributed by atoms with van der Waals surface area (Å²) in [6.45, 7) is 1.63. The first-order chi connectivity index (χ1) is 16.3. The second-order valence-corrected chi connectivity index (χ2v) is 8.16. The van der Waals surface area contributed by atoms with Crippen LogP contribution in [0.5, 0.6) is 5.75 Å². The minimum Gasteiger partial charge on any atom is -0.489 e. The molecule has 3 rings (SSSR count). The second kappa shape index (κ2) is 9.74. The number of amides is 2. The molecule has 4 atom stereocenters. The van der Waals surface area contributed by atoms with Crippen molar-refractivity contribution in [3.05, 3.63) is 53.4 Å². The molecule has 1 aliphatic heterocycles. The Morgan fingerprint density at radius 2 is 1.94 bits per heavy atom. The van der Waals surface area contributed by atoms with Crippen molar-refractivity contribution in [1.29, 1.82) is 0 Å².